The molecule has 1 atom stereocenters. The maximum Gasteiger partial charge on any atom is 0.279 e. The molecule has 1 N–H and O–H groups in total. The van der Waals surface area contributed by atoms with Crippen LogP contribution in [-0.2, 0) is 10.2 Å². The molecule has 0 aliphatic heterocycles. The Morgan fingerprint density at radius 1 is 1.19 bits per heavy atom. The van der Waals surface area contributed by atoms with Crippen LogP contribution >= 0.6 is 0 Å². The normalized spacial score (nSPS) is 13.5. The lowest BCUT2D eigenvalue weighted by atomic mass is 10.0. The largest absolute Gasteiger partial charge is 0.279 e. The van der Waals surface area contributed by atoms with E-state index in [0.717, 1.165) is 16.3 Å². The molecule has 0 radical (unpaired) electrons. The van der Waals surface area contributed by atoms with Crippen LogP contribution in [-0.4, -0.2) is 26.8 Å². The van der Waals surface area contributed by atoms with Crippen molar-refractivity contribution in [3.63, 3.8) is 0 Å². The maximum absolute atomic E-state index is 12.0. The number of hydrogen-bond donors (Lipinski definition) is 1. The van der Waals surface area contributed by atoms with Crippen LogP contribution in [0.3, 0.4) is 0 Å². The molecule has 4 nitrogen and oxygen atoms in total. The number of hydrogen-bond acceptors (Lipinski definition) is 2. The van der Waals surface area contributed by atoms with Crippen LogP contribution in [0.2, 0.25) is 0 Å². The second-order valence-corrected chi connectivity index (χ2v) is 7.00. The van der Waals surface area contributed by atoms with E-state index in [1.807, 2.05) is 42.5 Å². The van der Waals surface area contributed by atoms with Gasteiger partial charge in [-0.1, -0.05) is 42.5 Å². The van der Waals surface area contributed by atoms with Crippen LogP contribution < -0.4 is 4.72 Å². The minimum Gasteiger partial charge on any atom is -0.195 e. The van der Waals surface area contributed by atoms with Crippen molar-refractivity contribution in [3.8, 4) is 0 Å². The van der Waals surface area contributed by atoms with Crippen molar-refractivity contribution in [1.82, 2.24) is 9.03 Å². The van der Waals surface area contributed by atoms with Crippen LogP contribution in [0, 0.1) is 0 Å². The van der Waals surface area contributed by atoms with Gasteiger partial charge in [-0.3, -0.25) is 0 Å². The first-order chi connectivity index (χ1) is 9.94. The molecule has 0 bridgehead atoms. The van der Waals surface area contributed by atoms with Gasteiger partial charge in [0.25, 0.3) is 10.2 Å². The zero-order chi connectivity index (χ0) is 15.5. The first kappa shape index (κ1) is 15.7. The van der Waals surface area contributed by atoms with Gasteiger partial charge in [-0.2, -0.15) is 17.4 Å². The summed E-state index contributed by atoms with van der Waals surface area (Å²) in [4.78, 5) is 0. The lowest BCUT2D eigenvalue weighted by Gasteiger charge is -2.21. The molecule has 0 aromatic heterocycles. The minimum absolute atomic E-state index is 0.320. The quantitative estimate of drug-likeness (QED) is 0.834. The van der Waals surface area contributed by atoms with E-state index in [9.17, 15) is 8.42 Å². The highest BCUT2D eigenvalue weighted by Gasteiger charge is 2.20. The van der Waals surface area contributed by atoms with Gasteiger partial charge in [-0.05, 0) is 28.8 Å². The Morgan fingerprint density at radius 3 is 2.48 bits per heavy atom. The van der Waals surface area contributed by atoms with Crippen LogP contribution in [0.4, 0.5) is 0 Å². The monoisotopic (exact) mass is 304 g/mol. The molecule has 1 unspecified atom stereocenters. The SMILES string of the molecule is C=CCC(NS(=O)(=O)N(C)C)c1ccc2ccccc2c1. The molecule has 2 aromatic carbocycles. The molecule has 21 heavy (non-hydrogen) atoms. The zero-order valence-electron chi connectivity index (χ0n) is 12.3. The molecule has 0 saturated heterocycles. The molecule has 5 heteroatoms. The first-order valence-corrected chi connectivity index (χ1v) is 8.17. The average Bonchev–Trinajstić information content (AvgIpc) is 2.46. The zero-order valence-corrected chi connectivity index (χ0v) is 13.1. The van der Waals surface area contributed by atoms with Crippen molar-refractivity contribution < 1.29 is 8.42 Å². The van der Waals surface area contributed by atoms with E-state index < -0.39 is 10.2 Å². The fourth-order valence-corrected chi connectivity index (χ4v) is 2.93. The molecule has 0 fully saturated rings. The second kappa shape index (κ2) is 6.39. The summed E-state index contributed by atoms with van der Waals surface area (Å²) in [7, 11) is -0.470. The third kappa shape index (κ3) is 3.69. The Hall–Kier alpha value is -1.69. The van der Waals surface area contributed by atoms with Crippen molar-refractivity contribution >= 4 is 21.0 Å². The van der Waals surface area contributed by atoms with Gasteiger partial charge in [0.05, 0.1) is 6.04 Å². The second-order valence-electron chi connectivity index (χ2n) is 5.09. The summed E-state index contributed by atoms with van der Waals surface area (Å²) in [6.07, 6.45) is 2.25. The average molecular weight is 304 g/mol. The summed E-state index contributed by atoms with van der Waals surface area (Å²) in [6.45, 7) is 3.71. The minimum atomic E-state index is -3.49. The number of benzene rings is 2. The van der Waals surface area contributed by atoms with E-state index in [1.165, 1.54) is 18.4 Å². The fourth-order valence-electron chi connectivity index (χ4n) is 2.13. The standard InChI is InChI=1S/C16H20N2O2S/c1-4-7-16(17-21(19,20)18(2)3)15-11-10-13-8-5-6-9-14(13)12-15/h4-6,8-12,16-17H,1,7H2,2-3H3. The third-order valence-corrected chi connectivity index (χ3v) is 4.89. The van der Waals surface area contributed by atoms with E-state index >= 15 is 0 Å². The van der Waals surface area contributed by atoms with Crippen LogP contribution in [0.5, 0.6) is 0 Å². The van der Waals surface area contributed by atoms with Gasteiger partial charge >= 0.3 is 0 Å². The predicted molar refractivity (Wildman–Crippen MR) is 87.2 cm³/mol. The summed E-state index contributed by atoms with van der Waals surface area (Å²) in [5, 5.41) is 2.22. The van der Waals surface area contributed by atoms with Gasteiger partial charge in [0.2, 0.25) is 0 Å². The van der Waals surface area contributed by atoms with Crippen LogP contribution in [0.25, 0.3) is 10.8 Å². The van der Waals surface area contributed by atoms with Crippen molar-refractivity contribution in [2.75, 3.05) is 14.1 Å². The van der Waals surface area contributed by atoms with Gasteiger partial charge in [0.15, 0.2) is 0 Å². The first-order valence-electron chi connectivity index (χ1n) is 6.73. The van der Waals surface area contributed by atoms with Gasteiger partial charge in [0, 0.05) is 14.1 Å². The highest BCUT2D eigenvalue weighted by Crippen LogP contribution is 2.23. The molecular weight excluding hydrogens is 284 g/mol. The molecule has 0 amide bonds. The number of rotatable bonds is 6. The Bertz CT molecular complexity index is 739. The van der Waals surface area contributed by atoms with Crippen LogP contribution in [0.1, 0.15) is 18.0 Å². The number of fused-ring (bicyclic) bond motifs is 1. The molecule has 2 aromatic rings. The Morgan fingerprint density at radius 2 is 1.86 bits per heavy atom. The molecule has 2 rings (SSSR count). The van der Waals surface area contributed by atoms with Gasteiger partial charge in [-0.25, -0.2) is 0 Å². The summed E-state index contributed by atoms with van der Waals surface area (Å²) in [5.41, 5.74) is 0.930. The highest BCUT2D eigenvalue weighted by molar-refractivity contribution is 7.87. The molecule has 0 saturated carbocycles. The fraction of sp³-hybridized carbons (Fsp3) is 0.250. The summed E-state index contributed by atoms with van der Waals surface area (Å²) in [5.74, 6) is 0. The third-order valence-electron chi connectivity index (χ3n) is 3.35. The van der Waals surface area contributed by atoms with Crippen molar-refractivity contribution in [3.05, 3.63) is 60.7 Å². The maximum atomic E-state index is 12.0. The molecule has 112 valence electrons. The van der Waals surface area contributed by atoms with E-state index in [-0.39, 0.29) is 6.04 Å². The van der Waals surface area contributed by atoms with Crippen molar-refractivity contribution in [2.45, 2.75) is 12.5 Å². The van der Waals surface area contributed by atoms with E-state index in [4.69, 9.17) is 0 Å². The number of nitrogens with one attached hydrogen (secondary N) is 1. The summed E-state index contributed by atoms with van der Waals surface area (Å²) >= 11 is 0. The summed E-state index contributed by atoms with van der Waals surface area (Å²) in [6, 6.07) is 13.7. The molecule has 0 heterocycles. The van der Waals surface area contributed by atoms with E-state index in [1.54, 1.807) is 6.08 Å². The Kier molecular flexibility index (Phi) is 4.77. The molecule has 0 aliphatic rings. The predicted octanol–water partition coefficient (Wildman–Crippen LogP) is 2.85. The van der Waals surface area contributed by atoms with E-state index in [0.29, 0.717) is 6.42 Å². The van der Waals surface area contributed by atoms with Gasteiger partial charge in [0.1, 0.15) is 0 Å². The summed E-state index contributed by atoms with van der Waals surface area (Å²) < 4.78 is 27.9. The van der Waals surface area contributed by atoms with Gasteiger partial charge < -0.3 is 0 Å². The topological polar surface area (TPSA) is 49.4 Å². The molecule has 0 aliphatic carbocycles. The van der Waals surface area contributed by atoms with Gasteiger partial charge in [-0.15, -0.1) is 6.58 Å². The van der Waals surface area contributed by atoms with Crippen molar-refractivity contribution in [1.29, 1.82) is 0 Å². The van der Waals surface area contributed by atoms with E-state index in [2.05, 4.69) is 11.3 Å². The Balaban J connectivity index is 2.38. The Labute approximate surface area is 126 Å². The molecular formula is C16H20N2O2S. The number of nitrogens with zero attached hydrogens (tertiary/aromatic N) is 1. The molecule has 0 spiro atoms. The van der Waals surface area contributed by atoms with Crippen molar-refractivity contribution in [2.24, 2.45) is 0 Å². The van der Waals surface area contributed by atoms with Crippen LogP contribution in [0.15, 0.2) is 55.1 Å². The smallest absolute Gasteiger partial charge is 0.195 e. The lowest BCUT2D eigenvalue weighted by molar-refractivity contribution is 0.489. The lowest BCUT2D eigenvalue weighted by Crippen LogP contribution is -2.37. The highest BCUT2D eigenvalue weighted by atomic mass is 32.2.